The van der Waals surface area contributed by atoms with Gasteiger partial charge in [-0.1, -0.05) is 19.4 Å². The summed E-state index contributed by atoms with van der Waals surface area (Å²) < 4.78 is 0. The Kier molecular flexibility index (Phi) is 4.76. The molecule has 0 heterocycles. The number of nitrogens with two attached hydrogens (primary N) is 1. The highest BCUT2D eigenvalue weighted by molar-refractivity contribution is 5.96. The van der Waals surface area contributed by atoms with Crippen LogP contribution in [0.3, 0.4) is 0 Å². The van der Waals surface area contributed by atoms with Crippen molar-refractivity contribution < 1.29 is 14.7 Å². The zero-order valence-corrected chi connectivity index (χ0v) is 7.04. The largest absolute Gasteiger partial charge is 0.481 e. The first-order valence-electron chi connectivity index (χ1n) is 3.78. The molecule has 0 fully saturated rings. The average molecular weight is 171 g/mol. The van der Waals surface area contributed by atoms with Gasteiger partial charge >= 0.3 is 5.97 Å². The van der Waals surface area contributed by atoms with E-state index in [2.05, 4.69) is 0 Å². The summed E-state index contributed by atoms with van der Waals surface area (Å²) in [6.07, 6.45) is 2.85. The van der Waals surface area contributed by atoms with E-state index in [-0.39, 0.29) is 12.0 Å². The van der Waals surface area contributed by atoms with E-state index in [0.717, 1.165) is 6.42 Å². The normalized spacial score (nSPS) is 11.2. The van der Waals surface area contributed by atoms with Gasteiger partial charge < -0.3 is 10.8 Å². The van der Waals surface area contributed by atoms with Gasteiger partial charge in [0.2, 0.25) is 5.91 Å². The molecular formula is C8H13NO3. The van der Waals surface area contributed by atoms with E-state index in [1.54, 1.807) is 6.08 Å². The van der Waals surface area contributed by atoms with Crippen molar-refractivity contribution in [1.29, 1.82) is 0 Å². The molecule has 0 saturated carbocycles. The quantitative estimate of drug-likeness (QED) is 0.596. The van der Waals surface area contributed by atoms with Crippen LogP contribution < -0.4 is 5.73 Å². The van der Waals surface area contributed by atoms with Gasteiger partial charge in [0, 0.05) is 5.57 Å². The highest BCUT2D eigenvalue weighted by Gasteiger charge is 2.08. The van der Waals surface area contributed by atoms with E-state index >= 15 is 0 Å². The summed E-state index contributed by atoms with van der Waals surface area (Å²) in [5, 5.41) is 8.38. The lowest BCUT2D eigenvalue weighted by Gasteiger charge is -1.97. The van der Waals surface area contributed by atoms with Gasteiger partial charge in [0.25, 0.3) is 0 Å². The van der Waals surface area contributed by atoms with Crippen LogP contribution in [0.4, 0.5) is 0 Å². The molecule has 0 aliphatic heterocycles. The van der Waals surface area contributed by atoms with Crippen LogP contribution in [0.1, 0.15) is 26.2 Å². The Hall–Kier alpha value is -1.32. The first kappa shape index (κ1) is 10.7. The van der Waals surface area contributed by atoms with Gasteiger partial charge in [-0.3, -0.25) is 9.59 Å². The van der Waals surface area contributed by atoms with Crippen molar-refractivity contribution in [3.63, 3.8) is 0 Å². The second-order valence-electron chi connectivity index (χ2n) is 2.45. The number of rotatable bonds is 5. The predicted molar refractivity (Wildman–Crippen MR) is 44.4 cm³/mol. The SMILES string of the molecule is CCCC=C(CC(=O)O)C(N)=O. The number of carbonyl (C=O) groups excluding carboxylic acids is 1. The summed E-state index contributed by atoms with van der Waals surface area (Å²) in [4.78, 5) is 20.9. The fourth-order valence-electron chi connectivity index (χ4n) is 0.741. The Bertz CT molecular complexity index is 208. The molecule has 0 atom stereocenters. The third-order valence-electron chi connectivity index (χ3n) is 1.34. The lowest BCUT2D eigenvalue weighted by atomic mass is 10.1. The summed E-state index contributed by atoms with van der Waals surface area (Å²) in [7, 11) is 0. The first-order valence-corrected chi connectivity index (χ1v) is 3.78. The molecule has 0 radical (unpaired) electrons. The van der Waals surface area contributed by atoms with Crippen LogP contribution in [-0.2, 0) is 9.59 Å². The molecule has 68 valence electrons. The molecule has 4 heteroatoms. The molecule has 0 spiro atoms. The van der Waals surface area contributed by atoms with Crippen LogP contribution in [0.2, 0.25) is 0 Å². The van der Waals surface area contributed by atoms with E-state index < -0.39 is 11.9 Å². The van der Waals surface area contributed by atoms with Gasteiger partial charge in [-0.25, -0.2) is 0 Å². The topological polar surface area (TPSA) is 80.4 Å². The number of hydrogen-bond acceptors (Lipinski definition) is 2. The van der Waals surface area contributed by atoms with Crippen LogP contribution in [-0.4, -0.2) is 17.0 Å². The minimum absolute atomic E-state index is 0.185. The second-order valence-corrected chi connectivity index (χ2v) is 2.45. The third kappa shape index (κ3) is 4.49. The van der Waals surface area contributed by atoms with E-state index in [1.807, 2.05) is 6.92 Å². The molecular weight excluding hydrogens is 158 g/mol. The molecule has 3 N–H and O–H groups in total. The minimum atomic E-state index is -1.03. The molecule has 0 aliphatic carbocycles. The molecule has 0 aromatic heterocycles. The van der Waals surface area contributed by atoms with E-state index in [1.165, 1.54) is 0 Å². The molecule has 0 aromatic carbocycles. The number of amides is 1. The van der Waals surface area contributed by atoms with E-state index in [4.69, 9.17) is 10.8 Å². The number of primary amides is 1. The van der Waals surface area contributed by atoms with Crippen LogP contribution in [0.5, 0.6) is 0 Å². The molecule has 0 aromatic rings. The Balaban J connectivity index is 4.22. The molecule has 0 rings (SSSR count). The number of allylic oxidation sites excluding steroid dienone is 1. The van der Waals surface area contributed by atoms with E-state index in [0.29, 0.717) is 6.42 Å². The van der Waals surface area contributed by atoms with Gasteiger partial charge in [0.15, 0.2) is 0 Å². The first-order chi connectivity index (χ1) is 5.57. The fraction of sp³-hybridized carbons (Fsp3) is 0.500. The Morgan fingerprint density at radius 1 is 1.50 bits per heavy atom. The maximum absolute atomic E-state index is 10.6. The van der Waals surface area contributed by atoms with Crippen molar-refractivity contribution in [2.24, 2.45) is 5.73 Å². The summed E-state index contributed by atoms with van der Waals surface area (Å²) >= 11 is 0. The van der Waals surface area contributed by atoms with Crippen molar-refractivity contribution in [3.05, 3.63) is 11.6 Å². The van der Waals surface area contributed by atoms with Crippen molar-refractivity contribution in [3.8, 4) is 0 Å². The number of aliphatic carboxylic acids is 1. The smallest absolute Gasteiger partial charge is 0.308 e. The maximum atomic E-state index is 10.6. The molecule has 4 nitrogen and oxygen atoms in total. The van der Waals surface area contributed by atoms with E-state index in [9.17, 15) is 9.59 Å². The molecule has 1 amide bonds. The summed E-state index contributed by atoms with van der Waals surface area (Å²) in [6.45, 7) is 1.94. The number of unbranched alkanes of at least 4 members (excludes halogenated alkanes) is 1. The zero-order chi connectivity index (χ0) is 9.56. The highest BCUT2D eigenvalue weighted by Crippen LogP contribution is 2.03. The van der Waals surface area contributed by atoms with Crippen LogP contribution >= 0.6 is 0 Å². The summed E-state index contributed by atoms with van der Waals surface area (Å²) in [5.74, 6) is -1.68. The van der Waals surface area contributed by atoms with Gasteiger partial charge in [0.1, 0.15) is 0 Å². The maximum Gasteiger partial charge on any atom is 0.308 e. The predicted octanol–water partition coefficient (Wildman–Crippen LogP) is 0.673. The molecule has 0 aliphatic rings. The number of carboxylic acid groups (broad SMARTS) is 1. The van der Waals surface area contributed by atoms with Crippen molar-refractivity contribution in [2.75, 3.05) is 0 Å². The Morgan fingerprint density at radius 2 is 2.08 bits per heavy atom. The molecule has 0 unspecified atom stereocenters. The second kappa shape index (κ2) is 5.35. The van der Waals surface area contributed by atoms with Crippen molar-refractivity contribution in [1.82, 2.24) is 0 Å². The molecule has 0 bridgehead atoms. The lowest BCUT2D eigenvalue weighted by molar-refractivity contribution is -0.137. The third-order valence-corrected chi connectivity index (χ3v) is 1.34. The van der Waals surface area contributed by atoms with Crippen molar-refractivity contribution in [2.45, 2.75) is 26.2 Å². The Labute approximate surface area is 71.1 Å². The Morgan fingerprint density at radius 3 is 2.42 bits per heavy atom. The summed E-state index contributed by atoms with van der Waals surface area (Å²) in [6, 6.07) is 0. The van der Waals surface area contributed by atoms with Gasteiger partial charge in [0.05, 0.1) is 6.42 Å². The van der Waals surface area contributed by atoms with Gasteiger partial charge in [-0.15, -0.1) is 0 Å². The number of carbonyl (C=O) groups is 2. The highest BCUT2D eigenvalue weighted by atomic mass is 16.4. The molecule has 0 saturated heterocycles. The monoisotopic (exact) mass is 171 g/mol. The number of carboxylic acids is 1. The minimum Gasteiger partial charge on any atom is -0.481 e. The van der Waals surface area contributed by atoms with Gasteiger partial charge in [-0.2, -0.15) is 0 Å². The van der Waals surface area contributed by atoms with Gasteiger partial charge in [-0.05, 0) is 6.42 Å². The zero-order valence-electron chi connectivity index (χ0n) is 7.04. The van der Waals surface area contributed by atoms with Crippen molar-refractivity contribution >= 4 is 11.9 Å². The molecule has 12 heavy (non-hydrogen) atoms. The van der Waals surface area contributed by atoms with Crippen LogP contribution in [0.15, 0.2) is 11.6 Å². The average Bonchev–Trinajstić information content (AvgIpc) is 1.96. The summed E-state index contributed by atoms with van der Waals surface area (Å²) in [5.41, 5.74) is 5.14. The number of hydrogen-bond donors (Lipinski definition) is 2. The van der Waals surface area contributed by atoms with Crippen LogP contribution in [0.25, 0.3) is 0 Å². The standard InChI is InChI=1S/C8H13NO3/c1-2-3-4-6(8(9)12)5-7(10)11/h4H,2-3,5H2,1H3,(H2,9,12)(H,10,11). The van der Waals surface area contributed by atoms with Crippen LogP contribution in [0, 0.1) is 0 Å². The lowest BCUT2D eigenvalue weighted by Crippen LogP contribution is -2.16. The fourth-order valence-corrected chi connectivity index (χ4v) is 0.741.